The highest BCUT2D eigenvalue weighted by Gasteiger charge is 2.41. The quantitative estimate of drug-likeness (QED) is 0.929. The molecule has 2 heterocycles. The summed E-state index contributed by atoms with van der Waals surface area (Å²) >= 11 is 0. The minimum absolute atomic E-state index is 0.478. The fourth-order valence-corrected chi connectivity index (χ4v) is 3.95. The highest BCUT2D eigenvalue weighted by atomic mass is 16.4. The van der Waals surface area contributed by atoms with Crippen LogP contribution in [0.15, 0.2) is 30.3 Å². The summed E-state index contributed by atoms with van der Waals surface area (Å²) in [7, 11) is 0. The lowest BCUT2D eigenvalue weighted by Crippen LogP contribution is -2.48. The van der Waals surface area contributed by atoms with Gasteiger partial charge in [0.2, 0.25) is 0 Å². The lowest BCUT2D eigenvalue weighted by atomic mass is 9.76. The molecule has 0 spiro atoms. The number of anilines is 1. The van der Waals surface area contributed by atoms with Crippen LogP contribution in [0.5, 0.6) is 0 Å². The molecule has 0 amide bonds. The molecule has 1 atom stereocenters. The summed E-state index contributed by atoms with van der Waals surface area (Å²) in [6, 6.07) is 11.1. The minimum atomic E-state index is -0.605. The molecule has 1 aromatic rings. The van der Waals surface area contributed by atoms with Crippen molar-refractivity contribution in [1.29, 1.82) is 0 Å². The van der Waals surface area contributed by atoms with E-state index in [0.29, 0.717) is 6.04 Å². The number of carboxylic acids is 1. The van der Waals surface area contributed by atoms with E-state index in [0.717, 1.165) is 45.4 Å². The lowest BCUT2D eigenvalue weighted by Gasteiger charge is -2.41. The number of para-hydroxylation sites is 1. The van der Waals surface area contributed by atoms with Gasteiger partial charge in [0.05, 0.1) is 5.41 Å². The summed E-state index contributed by atoms with van der Waals surface area (Å²) in [5.74, 6) is -0.605. The lowest BCUT2D eigenvalue weighted by molar-refractivity contribution is -0.152. The SMILES string of the molecule is CCC1(C(=O)O)CCN([C@H]2CCN(c3ccccc3)C2)CC1. The molecule has 2 fully saturated rings. The third-order valence-electron chi connectivity index (χ3n) is 5.69. The fraction of sp³-hybridized carbons (Fsp3) is 0.611. The van der Waals surface area contributed by atoms with Crippen LogP contribution < -0.4 is 4.90 Å². The van der Waals surface area contributed by atoms with Gasteiger partial charge < -0.3 is 10.0 Å². The molecule has 22 heavy (non-hydrogen) atoms. The molecule has 0 radical (unpaired) electrons. The Morgan fingerprint density at radius 2 is 1.91 bits per heavy atom. The molecule has 2 aliphatic rings. The highest BCUT2D eigenvalue weighted by molar-refractivity contribution is 5.74. The molecule has 0 saturated carbocycles. The smallest absolute Gasteiger partial charge is 0.309 e. The van der Waals surface area contributed by atoms with Crippen molar-refractivity contribution in [2.75, 3.05) is 31.1 Å². The van der Waals surface area contributed by atoms with Crippen molar-refractivity contribution in [2.24, 2.45) is 5.41 Å². The van der Waals surface area contributed by atoms with Gasteiger partial charge in [-0.25, -0.2) is 0 Å². The Labute approximate surface area is 132 Å². The first-order valence-corrected chi connectivity index (χ1v) is 8.42. The van der Waals surface area contributed by atoms with Crippen LogP contribution >= 0.6 is 0 Å². The van der Waals surface area contributed by atoms with E-state index in [1.165, 1.54) is 12.1 Å². The van der Waals surface area contributed by atoms with Crippen LogP contribution in [0.2, 0.25) is 0 Å². The number of hydrogen-bond donors (Lipinski definition) is 1. The van der Waals surface area contributed by atoms with E-state index in [2.05, 4.69) is 40.1 Å². The molecule has 1 aromatic carbocycles. The summed E-state index contributed by atoms with van der Waals surface area (Å²) in [6.45, 7) is 6.02. The second-order valence-corrected chi connectivity index (χ2v) is 6.70. The predicted molar refractivity (Wildman–Crippen MR) is 88.2 cm³/mol. The van der Waals surface area contributed by atoms with Gasteiger partial charge in [0.25, 0.3) is 0 Å². The normalized spacial score (nSPS) is 25.3. The summed E-state index contributed by atoms with van der Waals surface area (Å²) in [5, 5.41) is 9.50. The van der Waals surface area contributed by atoms with Gasteiger partial charge in [-0.15, -0.1) is 0 Å². The van der Waals surface area contributed by atoms with Crippen molar-refractivity contribution in [3.05, 3.63) is 30.3 Å². The Balaban J connectivity index is 1.58. The van der Waals surface area contributed by atoms with Gasteiger partial charge in [-0.2, -0.15) is 0 Å². The third kappa shape index (κ3) is 2.84. The van der Waals surface area contributed by atoms with Crippen molar-refractivity contribution in [2.45, 2.75) is 38.6 Å². The Bertz CT molecular complexity index is 509. The van der Waals surface area contributed by atoms with E-state index in [1.54, 1.807) is 0 Å². The Hall–Kier alpha value is -1.55. The minimum Gasteiger partial charge on any atom is -0.481 e. The topological polar surface area (TPSA) is 43.8 Å². The second-order valence-electron chi connectivity index (χ2n) is 6.70. The monoisotopic (exact) mass is 302 g/mol. The number of piperidine rings is 1. The van der Waals surface area contributed by atoms with Gasteiger partial charge in [0.1, 0.15) is 0 Å². The van der Waals surface area contributed by atoms with Crippen LogP contribution in [-0.4, -0.2) is 48.2 Å². The van der Waals surface area contributed by atoms with Crippen molar-refractivity contribution in [3.8, 4) is 0 Å². The highest BCUT2D eigenvalue weighted by Crippen LogP contribution is 2.36. The Morgan fingerprint density at radius 1 is 1.23 bits per heavy atom. The number of carboxylic acid groups (broad SMARTS) is 1. The van der Waals surface area contributed by atoms with E-state index in [1.807, 2.05) is 6.92 Å². The first-order valence-electron chi connectivity index (χ1n) is 8.42. The van der Waals surface area contributed by atoms with Crippen molar-refractivity contribution in [1.82, 2.24) is 4.90 Å². The molecule has 0 unspecified atom stereocenters. The molecule has 0 aliphatic carbocycles. The van der Waals surface area contributed by atoms with Crippen molar-refractivity contribution >= 4 is 11.7 Å². The number of carbonyl (C=O) groups is 1. The van der Waals surface area contributed by atoms with Crippen LogP contribution in [0.3, 0.4) is 0 Å². The molecule has 4 heteroatoms. The molecule has 120 valence electrons. The zero-order chi connectivity index (χ0) is 15.6. The van der Waals surface area contributed by atoms with E-state index in [9.17, 15) is 9.90 Å². The molecule has 3 rings (SSSR count). The predicted octanol–water partition coefficient (Wildman–Crippen LogP) is 2.84. The number of nitrogens with zero attached hydrogens (tertiary/aromatic N) is 2. The molecule has 2 saturated heterocycles. The largest absolute Gasteiger partial charge is 0.481 e. The van der Waals surface area contributed by atoms with E-state index in [4.69, 9.17) is 0 Å². The van der Waals surface area contributed by atoms with Gasteiger partial charge in [-0.3, -0.25) is 9.69 Å². The van der Waals surface area contributed by atoms with Crippen molar-refractivity contribution in [3.63, 3.8) is 0 Å². The van der Waals surface area contributed by atoms with Crippen LogP contribution in [0, 0.1) is 5.41 Å². The average molecular weight is 302 g/mol. The number of aliphatic carboxylic acids is 1. The molecule has 4 nitrogen and oxygen atoms in total. The number of likely N-dealkylation sites (tertiary alicyclic amines) is 1. The fourth-order valence-electron chi connectivity index (χ4n) is 3.95. The van der Waals surface area contributed by atoms with Crippen LogP contribution in [0.4, 0.5) is 5.69 Å². The summed E-state index contributed by atoms with van der Waals surface area (Å²) < 4.78 is 0. The van der Waals surface area contributed by atoms with E-state index in [-0.39, 0.29) is 0 Å². The molecule has 2 aliphatic heterocycles. The Morgan fingerprint density at radius 3 is 2.50 bits per heavy atom. The number of hydrogen-bond acceptors (Lipinski definition) is 3. The second kappa shape index (κ2) is 6.29. The molecular weight excluding hydrogens is 276 g/mol. The zero-order valence-corrected chi connectivity index (χ0v) is 13.4. The summed E-state index contributed by atoms with van der Waals surface area (Å²) in [4.78, 5) is 16.5. The maximum absolute atomic E-state index is 11.5. The summed E-state index contributed by atoms with van der Waals surface area (Å²) in [5.41, 5.74) is 0.823. The van der Waals surface area contributed by atoms with Gasteiger partial charge in [-0.05, 0) is 50.9 Å². The molecule has 0 aromatic heterocycles. The van der Waals surface area contributed by atoms with Crippen LogP contribution in [-0.2, 0) is 4.79 Å². The van der Waals surface area contributed by atoms with E-state index < -0.39 is 11.4 Å². The standard InChI is InChI=1S/C18H26N2O2/c1-2-18(17(21)22)9-12-19(13-10-18)16-8-11-20(14-16)15-6-4-3-5-7-15/h3-7,16H,2,8-14H2,1H3,(H,21,22)/t16-/m0/s1. The van der Waals surface area contributed by atoms with E-state index >= 15 is 0 Å². The van der Waals surface area contributed by atoms with Gasteiger partial charge in [0, 0.05) is 24.8 Å². The maximum Gasteiger partial charge on any atom is 0.309 e. The third-order valence-corrected chi connectivity index (χ3v) is 5.69. The first kappa shape index (κ1) is 15.3. The average Bonchev–Trinajstić information content (AvgIpc) is 3.05. The first-order chi connectivity index (χ1) is 10.6. The van der Waals surface area contributed by atoms with Crippen LogP contribution in [0.25, 0.3) is 0 Å². The zero-order valence-electron chi connectivity index (χ0n) is 13.4. The number of benzene rings is 1. The maximum atomic E-state index is 11.5. The molecular formula is C18H26N2O2. The van der Waals surface area contributed by atoms with Crippen molar-refractivity contribution < 1.29 is 9.90 Å². The van der Waals surface area contributed by atoms with Gasteiger partial charge in [0.15, 0.2) is 0 Å². The summed E-state index contributed by atoms with van der Waals surface area (Å²) in [6.07, 6.45) is 3.51. The molecule has 1 N–H and O–H groups in total. The van der Waals surface area contributed by atoms with Gasteiger partial charge in [-0.1, -0.05) is 25.1 Å². The number of rotatable bonds is 4. The Kier molecular flexibility index (Phi) is 4.39. The molecule has 0 bridgehead atoms. The van der Waals surface area contributed by atoms with Gasteiger partial charge >= 0.3 is 5.97 Å². The van der Waals surface area contributed by atoms with Crippen LogP contribution in [0.1, 0.15) is 32.6 Å².